The average molecular weight is 442 g/mol. The van der Waals surface area contributed by atoms with E-state index in [4.69, 9.17) is 5.73 Å². The molecule has 0 saturated carbocycles. The van der Waals surface area contributed by atoms with E-state index in [0.29, 0.717) is 19.0 Å². The molecule has 2 rings (SSSR count). The molecule has 4 nitrogen and oxygen atoms in total. The van der Waals surface area contributed by atoms with Crippen molar-refractivity contribution in [2.45, 2.75) is 45.7 Å². The molecule has 0 bridgehead atoms. The van der Waals surface area contributed by atoms with Gasteiger partial charge in [0.15, 0.2) is 5.96 Å². The third kappa shape index (κ3) is 8.15. The van der Waals surface area contributed by atoms with E-state index in [1.54, 1.807) is 0 Å². The second-order valence-electron chi connectivity index (χ2n) is 6.52. The largest absolute Gasteiger partial charge is 0.370 e. The van der Waals surface area contributed by atoms with Gasteiger partial charge < -0.3 is 11.1 Å². The van der Waals surface area contributed by atoms with Crippen LogP contribution in [0.1, 0.15) is 43.7 Å². The van der Waals surface area contributed by atoms with Crippen LogP contribution in [0.25, 0.3) is 0 Å². The van der Waals surface area contributed by atoms with Crippen molar-refractivity contribution in [3.63, 3.8) is 0 Å². The Labute approximate surface area is 163 Å². The van der Waals surface area contributed by atoms with Gasteiger partial charge in [-0.3, -0.25) is 4.90 Å². The van der Waals surface area contributed by atoms with Gasteiger partial charge in [0, 0.05) is 13.1 Å². The molecule has 0 unspecified atom stereocenters. The molecule has 134 valence electrons. The fourth-order valence-electron chi connectivity index (χ4n) is 2.78. The molecule has 1 aliphatic heterocycles. The molecule has 24 heavy (non-hydrogen) atoms. The molecule has 0 atom stereocenters. The minimum Gasteiger partial charge on any atom is -0.370 e. The van der Waals surface area contributed by atoms with Crippen molar-refractivity contribution in [3.05, 3.63) is 47.5 Å². The van der Waals surface area contributed by atoms with E-state index in [2.05, 4.69) is 46.1 Å². The maximum Gasteiger partial charge on any atom is 0.189 e. The number of aliphatic imine (C=N–C) groups is 1. The van der Waals surface area contributed by atoms with Crippen LogP contribution in [0.4, 0.5) is 0 Å². The molecule has 0 spiro atoms. The van der Waals surface area contributed by atoms with Gasteiger partial charge in [-0.15, -0.1) is 24.0 Å². The second kappa shape index (κ2) is 11.5. The lowest BCUT2D eigenvalue weighted by Gasteiger charge is -2.19. The number of hydrogen-bond donors (Lipinski definition) is 2. The molecule has 1 aromatic rings. The van der Waals surface area contributed by atoms with Crippen molar-refractivity contribution in [2.75, 3.05) is 19.6 Å². The van der Waals surface area contributed by atoms with Crippen molar-refractivity contribution in [1.82, 2.24) is 10.2 Å². The molecule has 0 radical (unpaired) electrons. The first-order valence-electron chi connectivity index (χ1n) is 8.62. The Kier molecular flexibility index (Phi) is 10.0. The molecule has 0 aromatic heterocycles. The molecule has 1 heterocycles. The summed E-state index contributed by atoms with van der Waals surface area (Å²) in [5, 5.41) is 3.05. The number of nitrogens with two attached hydrogens (primary N) is 1. The standard InChI is InChI=1S/C19H30N4.HI/c1-16(2)13-21-19(20)22-14-17-7-9-18(10-8-17)15-23-11-5-3-4-6-12-23;/h7-10H,1,3-6,11-15H2,2H3,(H3,20,21,22);1H. The van der Waals surface area contributed by atoms with Gasteiger partial charge in [-0.1, -0.05) is 49.3 Å². The molecule has 1 aromatic carbocycles. The van der Waals surface area contributed by atoms with Gasteiger partial charge in [0.25, 0.3) is 0 Å². The van der Waals surface area contributed by atoms with Gasteiger partial charge in [0.2, 0.25) is 0 Å². The van der Waals surface area contributed by atoms with Crippen molar-refractivity contribution in [1.29, 1.82) is 0 Å². The molecule has 5 heteroatoms. The van der Waals surface area contributed by atoms with E-state index in [9.17, 15) is 0 Å². The van der Waals surface area contributed by atoms with E-state index in [1.165, 1.54) is 49.9 Å². The highest BCUT2D eigenvalue weighted by atomic mass is 127. The van der Waals surface area contributed by atoms with E-state index >= 15 is 0 Å². The van der Waals surface area contributed by atoms with Gasteiger partial charge in [0.05, 0.1) is 6.54 Å². The van der Waals surface area contributed by atoms with Gasteiger partial charge >= 0.3 is 0 Å². The number of nitrogens with zero attached hydrogens (tertiary/aromatic N) is 2. The monoisotopic (exact) mass is 442 g/mol. The van der Waals surface area contributed by atoms with Crippen molar-refractivity contribution in [3.8, 4) is 0 Å². The van der Waals surface area contributed by atoms with Crippen LogP contribution in [0.2, 0.25) is 0 Å². The SMILES string of the molecule is C=C(C)CNC(N)=NCc1ccc(CN2CCCCCC2)cc1.I. The average Bonchev–Trinajstić information content (AvgIpc) is 2.81. The minimum atomic E-state index is 0. The highest BCUT2D eigenvalue weighted by molar-refractivity contribution is 14.0. The predicted octanol–water partition coefficient (Wildman–Crippen LogP) is 3.66. The van der Waals surface area contributed by atoms with Crippen LogP contribution in [0, 0.1) is 0 Å². The normalized spacial score (nSPS) is 16.1. The smallest absolute Gasteiger partial charge is 0.189 e. The third-order valence-corrected chi connectivity index (χ3v) is 4.13. The number of nitrogens with one attached hydrogen (secondary N) is 1. The zero-order valence-corrected chi connectivity index (χ0v) is 17.1. The molecular formula is C19H31IN4. The molecule has 3 N–H and O–H groups in total. The van der Waals surface area contributed by atoms with E-state index in [0.717, 1.165) is 12.1 Å². The molecule has 1 aliphatic rings. The number of guanidine groups is 1. The van der Waals surface area contributed by atoms with Gasteiger partial charge in [0.1, 0.15) is 0 Å². The van der Waals surface area contributed by atoms with Crippen LogP contribution >= 0.6 is 24.0 Å². The predicted molar refractivity (Wildman–Crippen MR) is 114 cm³/mol. The number of likely N-dealkylation sites (tertiary alicyclic amines) is 1. The maximum atomic E-state index is 5.83. The van der Waals surface area contributed by atoms with Gasteiger partial charge in [-0.25, -0.2) is 4.99 Å². The van der Waals surface area contributed by atoms with Gasteiger partial charge in [-0.2, -0.15) is 0 Å². The van der Waals surface area contributed by atoms with Crippen LogP contribution in [0.15, 0.2) is 41.4 Å². The number of hydrogen-bond acceptors (Lipinski definition) is 2. The Morgan fingerprint density at radius 1 is 1.12 bits per heavy atom. The lowest BCUT2D eigenvalue weighted by atomic mass is 10.1. The minimum absolute atomic E-state index is 0. The quantitative estimate of drug-likeness (QED) is 0.306. The first kappa shape index (κ1) is 21.0. The van der Waals surface area contributed by atoms with Crippen molar-refractivity contribution < 1.29 is 0 Å². The lowest BCUT2D eigenvalue weighted by Crippen LogP contribution is -2.32. The summed E-state index contributed by atoms with van der Waals surface area (Å²) in [5.41, 5.74) is 9.44. The number of rotatable bonds is 6. The van der Waals surface area contributed by atoms with Crippen molar-refractivity contribution >= 4 is 29.9 Å². The van der Waals surface area contributed by atoms with E-state index < -0.39 is 0 Å². The fourth-order valence-corrected chi connectivity index (χ4v) is 2.78. The molecule has 1 saturated heterocycles. The Morgan fingerprint density at radius 2 is 1.71 bits per heavy atom. The topological polar surface area (TPSA) is 53.6 Å². The summed E-state index contributed by atoms with van der Waals surface area (Å²) < 4.78 is 0. The Bertz CT molecular complexity index is 517. The highest BCUT2D eigenvalue weighted by Crippen LogP contribution is 2.14. The number of benzene rings is 1. The zero-order chi connectivity index (χ0) is 16.5. The molecule has 0 amide bonds. The molecular weight excluding hydrogens is 411 g/mol. The second-order valence-corrected chi connectivity index (χ2v) is 6.52. The summed E-state index contributed by atoms with van der Waals surface area (Å²) in [6, 6.07) is 8.74. The van der Waals surface area contributed by atoms with E-state index in [-0.39, 0.29) is 24.0 Å². The molecule has 0 aliphatic carbocycles. The Balaban J connectivity index is 0.00000288. The first-order valence-corrected chi connectivity index (χ1v) is 8.62. The summed E-state index contributed by atoms with van der Waals surface area (Å²) in [6.45, 7) is 10.6. The summed E-state index contributed by atoms with van der Waals surface area (Å²) in [7, 11) is 0. The summed E-state index contributed by atoms with van der Waals surface area (Å²) >= 11 is 0. The Morgan fingerprint density at radius 3 is 2.29 bits per heavy atom. The van der Waals surface area contributed by atoms with Crippen molar-refractivity contribution in [2.24, 2.45) is 10.7 Å². The third-order valence-electron chi connectivity index (χ3n) is 4.13. The summed E-state index contributed by atoms with van der Waals surface area (Å²) in [6.07, 6.45) is 5.44. The number of halogens is 1. The molecule has 1 fully saturated rings. The zero-order valence-electron chi connectivity index (χ0n) is 14.8. The van der Waals surface area contributed by atoms with Crippen LogP contribution in [0.3, 0.4) is 0 Å². The first-order chi connectivity index (χ1) is 11.1. The fraction of sp³-hybridized carbons (Fsp3) is 0.526. The van der Waals surface area contributed by atoms with Crippen LogP contribution in [-0.4, -0.2) is 30.5 Å². The van der Waals surface area contributed by atoms with Gasteiger partial charge in [-0.05, 0) is 44.0 Å². The van der Waals surface area contributed by atoms with Crippen LogP contribution < -0.4 is 11.1 Å². The van der Waals surface area contributed by atoms with E-state index in [1.807, 2.05) is 6.92 Å². The van der Waals surface area contributed by atoms with Crippen LogP contribution in [0.5, 0.6) is 0 Å². The lowest BCUT2D eigenvalue weighted by molar-refractivity contribution is 0.277. The summed E-state index contributed by atoms with van der Waals surface area (Å²) in [4.78, 5) is 6.93. The Hall–Kier alpha value is -1.08. The maximum absolute atomic E-state index is 5.83. The summed E-state index contributed by atoms with van der Waals surface area (Å²) in [5.74, 6) is 0.474. The highest BCUT2D eigenvalue weighted by Gasteiger charge is 2.09. The van der Waals surface area contributed by atoms with Crippen LogP contribution in [-0.2, 0) is 13.1 Å².